The van der Waals surface area contributed by atoms with Gasteiger partial charge >= 0.3 is 12.1 Å². The number of nitrogens with zero attached hydrogens (tertiary/aromatic N) is 1. The third-order valence-electron chi connectivity index (χ3n) is 3.39. The number of amides is 2. The maximum Gasteiger partial charge on any atom is 0.471 e. The van der Waals surface area contributed by atoms with Crippen LogP contribution in [0, 0.1) is 11.8 Å². The lowest BCUT2D eigenvalue weighted by Crippen LogP contribution is -2.44. The minimum atomic E-state index is -4.97. The van der Waals surface area contributed by atoms with E-state index < -0.39 is 35.3 Å². The lowest BCUT2D eigenvalue weighted by Gasteiger charge is -2.17. The van der Waals surface area contributed by atoms with E-state index in [4.69, 9.17) is 0 Å². The monoisotopic (exact) mass is 298 g/mol. The summed E-state index contributed by atoms with van der Waals surface area (Å²) in [6, 6.07) is 0. The van der Waals surface area contributed by atoms with Gasteiger partial charge in [-0.15, -0.1) is 0 Å². The van der Waals surface area contributed by atoms with Crippen molar-refractivity contribution in [2.24, 2.45) is 11.8 Å². The summed E-state index contributed by atoms with van der Waals surface area (Å²) in [6.07, 6.45) is -4.97. The SMILES string of the molecule is O=C(CNC(=O)C(F)(F)F)N1CC2CS(=O)CC2C1. The first-order valence-corrected chi connectivity index (χ1v) is 7.24. The number of halogens is 3. The van der Waals surface area contributed by atoms with Gasteiger partial charge in [-0.2, -0.15) is 13.2 Å². The maximum absolute atomic E-state index is 11.9. The molecule has 108 valence electrons. The molecule has 2 aliphatic heterocycles. The molecular weight excluding hydrogens is 285 g/mol. The molecule has 2 unspecified atom stereocenters. The van der Waals surface area contributed by atoms with Crippen molar-refractivity contribution in [1.82, 2.24) is 10.2 Å². The zero-order valence-corrected chi connectivity index (χ0v) is 10.7. The highest BCUT2D eigenvalue weighted by atomic mass is 32.2. The number of carbonyl (C=O) groups excluding carboxylic acids is 2. The summed E-state index contributed by atoms with van der Waals surface area (Å²) in [5, 5.41) is 1.56. The van der Waals surface area contributed by atoms with E-state index in [1.807, 2.05) is 0 Å². The highest BCUT2D eigenvalue weighted by Gasteiger charge is 2.42. The van der Waals surface area contributed by atoms with Crippen molar-refractivity contribution < 1.29 is 27.0 Å². The van der Waals surface area contributed by atoms with Crippen molar-refractivity contribution in [3.8, 4) is 0 Å². The summed E-state index contributed by atoms with van der Waals surface area (Å²) in [7, 11) is -0.839. The third-order valence-corrected chi connectivity index (χ3v) is 4.99. The molecule has 2 aliphatic rings. The molecule has 0 saturated carbocycles. The molecule has 5 nitrogen and oxygen atoms in total. The number of nitrogens with one attached hydrogen (secondary N) is 1. The van der Waals surface area contributed by atoms with E-state index in [-0.39, 0.29) is 11.8 Å². The highest BCUT2D eigenvalue weighted by molar-refractivity contribution is 7.85. The molecule has 2 heterocycles. The van der Waals surface area contributed by atoms with Crippen molar-refractivity contribution >= 4 is 22.6 Å². The summed E-state index contributed by atoms with van der Waals surface area (Å²) < 4.78 is 47.1. The topological polar surface area (TPSA) is 66.5 Å². The van der Waals surface area contributed by atoms with Crippen LogP contribution in [0.5, 0.6) is 0 Å². The van der Waals surface area contributed by atoms with Gasteiger partial charge in [0.1, 0.15) is 0 Å². The number of alkyl halides is 3. The highest BCUT2D eigenvalue weighted by Crippen LogP contribution is 2.30. The van der Waals surface area contributed by atoms with E-state index >= 15 is 0 Å². The Morgan fingerprint density at radius 2 is 1.74 bits per heavy atom. The van der Waals surface area contributed by atoms with Crippen LogP contribution in [0.3, 0.4) is 0 Å². The normalized spacial score (nSPS) is 30.3. The Labute approximate surface area is 110 Å². The number of rotatable bonds is 2. The Balaban J connectivity index is 1.80. The maximum atomic E-state index is 11.9. The van der Waals surface area contributed by atoms with Crippen molar-refractivity contribution in [3.05, 3.63) is 0 Å². The van der Waals surface area contributed by atoms with Crippen molar-refractivity contribution in [2.75, 3.05) is 31.1 Å². The molecule has 0 aromatic rings. The van der Waals surface area contributed by atoms with Crippen LogP contribution in [-0.2, 0) is 20.4 Å². The molecule has 0 aromatic heterocycles. The first-order chi connectivity index (χ1) is 8.77. The molecule has 19 heavy (non-hydrogen) atoms. The molecular formula is C10H13F3N2O3S. The fourth-order valence-electron chi connectivity index (χ4n) is 2.43. The second-order valence-corrected chi connectivity index (χ2v) is 6.32. The number of likely N-dealkylation sites (tertiary alicyclic amines) is 1. The number of carbonyl (C=O) groups is 2. The fraction of sp³-hybridized carbons (Fsp3) is 0.800. The van der Waals surface area contributed by atoms with E-state index in [9.17, 15) is 27.0 Å². The molecule has 9 heteroatoms. The van der Waals surface area contributed by atoms with Gasteiger partial charge in [0, 0.05) is 35.4 Å². The second kappa shape index (κ2) is 5.10. The van der Waals surface area contributed by atoms with Crippen LogP contribution in [0.25, 0.3) is 0 Å². The molecule has 0 aliphatic carbocycles. The van der Waals surface area contributed by atoms with Gasteiger partial charge in [-0.1, -0.05) is 0 Å². The standard InChI is InChI=1S/C10H13F3N2O3S/c11-10(12,13)9(17)14-1-8(16)15-2-6-4-19(18)5-7(6)3-15/h6-7H,1-5H2,(H,14,17). The predicted molar refractivity (Wildman–Crippen MR) is 60.5 cm³/mol. The van der Waals surface area contributed by atoms with Gasteiger partial charge in [-0.25, -0.2) is 0 Å². The zero-order chi connectivity index (χ0) is 14.2. The Kier molecular flexibility index (Phi) is 3.84. The van der Waals surface area contributed by atoms with Crippen LogP contribution in [-0.4, -0.2) is 58.2 Å². The summed E-state index contributed by atoms with van der Waals surface area (Å²) in [5.74, 6) is -1.21. The van der Waals surface area contributed by atoms with E-state index in [1.165, 1.54) is 4.90 Å². The molecule has 2 amide bonds. The van der Waals surface area contributed by atoms with Gasteiger partial charge in [0.15, 0.2) is 0 Å². The Morgan fingerprint density at radius 1 is 1.21 bits per heavy atom. The van der Waals surface area contributed by atoms with Crippen molar-refractivity contribution in [3.63, 3.8) is 0 Å². The second-order valence-electron chi connectivity index (χ2n) is 4.77. The lowest BCUT2D eigenvalue weighted by molar-refractivity contribution is -0.174. The molecule has 0 spiro atoms. The minimum absolute atomic E-state index is 0.170. The van der Waals surface area contributed by atoms with Crippen LogP contribution < -0.4 is 5.32 Å². The summed E-state index contributed by atoms with van der Waals surface area (Å²) >= 11 is 0. The third kappa shape index (κ3) is 3.26. The smallest absolute Gasteiger partial charge is 0.341 e. The van der Waals surface area contributed by atoms with Crippen LogP contribution in [0.4, 0.5) is 13.2 Å². The van der Waals surface area contributed by atoms with Gasteiger partial charge in [-0.05, 0) is 11.8 Å². The molecule has 2 fully saturated rings. The van der Waals surface area contributed by atoms with Crippen LogP contribution >= 0.6 is 0 Å². The zero-order valence-electron chi connectivity index (χ0n) is 9.90. The number of hydrogen-bond acceptors (Lipinski definition) is 3. The molecule has 2 atom stereocenters. The van der Waals surface area contributed by atoms with Gasteiger partial charge in [0.05, 0.1) is 6.54 Å². The first-order valence-electron chi connectivity index (χ1n) is 5.75. The van der Waals surface area contributed by atoms with Gasteiger partial charge in [0.25, 0.3) is 0 Å². The van der Waals surface area contributed by atoms with Crippen molar-refractivity contribution in [2.45, 2.75) is 6.18 Å². The van der Waals surface area contributed by atoms with E-state index in [0.29, 0.717) is 24.6 Å². The average molecular weight is 298 g/mol. The Hall–Kier alpha value is -1.12. The number of hydrogen-bond donors (Lipinski definition) is 1. The largest absolute Gasteiger partial charge is 0.471 e. The molecule has 0 bridgehead atoms. The van der Waals surface area contributed by atoms with E-state index in [2.05, 4.69) is 0 Å². The predicted octanol–water partition coefficient (Wildman–Crippen LogP) is -0.498. The van der Waals surface area contributed by atoms with E-state index in [0.717, 1.165) is 0 Å². The van der Waals surface area contributed by atoms with Gasteiger partial charge in [-0.3, -0.25) is 13.8 Å². The van der Waals surface area contributed by atoms with Crippen molar-refractivity contribution in [1.29, 1.82) is 0 Å². The quantitative estimate of drug-likeness (QED) is 0.747. The molecule has 2 rings (SSSR count). The number of fused-ring (bicyclic) bond motifs is 1. The molecule has 0 aromatic carbocycles. The lowest BCUT2D eigenvalue weighted by atomic mass is 10.0. The first kappa shape index (κ1) is 14.3. The molecule has 1 N–H and O–H groups in total. The summed E-state index contributed by atoms with van der Waals surface area (Å²) in [5.41, 5.74) is 0. The summed E-state index contributed by atoms with van der Waals surface area (Å²) in [4.78, 5) is 23.7. The average Bonchev–Trinajstić information content (AvgIpc) is 2.80. The van der Waals surface area contributed by atoms with Crippen LogP contribution in [0.2, 0.25) is 0 Å². The van der Waals surface area contributed by atoms with Crippen LogP contribution in [0.1, 0.15) is 0 Å². The van der Waals surface area contributed by atoms with E-state index in [1.54, 1.807) is 5.32 Å². The van der Waals surface area contributed by atoms with Crippen LogP contribution in [0.15, 0.2) is 0 Å². The Bertz CT molecular complexity index is 411. The Morgan fingerprint density at radius 3 is 2.21 bits per heavy atom. The molecule has 2 saturated heterocycles. The molecule has 0 radical (unpaired) electrons. The summed E-state index contributed by atoms with van der Waals surface area (Å²) in [6.45, 7) is 0.176. The minimum Gasteiger partial charge on any atom is -0.341 e. The fourth-order valence-corrected chi connectivity index (χ4v) is 4.28. The van der Waals surface area contributed by atoms with Gasteiger partial charge in [0.2, 0.25) is 5.91 Å². The van der Waals surface area contributed by atoms with Gasteiger partial charge < -0.3 is 10.2 Å².